The fourth-order valence-corrected chi connectivity index (χ4v) is 1.84. The second kappa shape index (κ2) is 5.48. The van der Waals surface area contributed by atoms with Crippen molar-refractivity contribution in [2.75, 3.05) is 5.32 Å². The average Bonchev–Trinajstić information content (AvgIpc) is 3.19. The molecule has 22 heavy (non-hydrogen) atoms. The summed E-state index contributed by atoms with van der Waals surface area (Å²) in [7, 11) is 0. The highest BCUT2D eigenvalue weighted by Gasteiger charge is 2.18. The van der Waals surface area contributed by atoms with Crippen molar-refractivity contribution in [3.8, 4) is 5.69 Å². The van der Waals surface area contributed by atoms with E-state index >= 15 is 0 Å². The van der Waals surface area contributed by atoms with Gasteiger partial charge in [0.05, 0.1) is 17.4 Å². The first-order valence-electron chi connectivity index (χ1n) is 6.15. The predicted molar refractivity (Wildman–Crippen MR) is 74.7 cm³/mol. The summed E-state index contributed by atoms with van der Waals surface area (Å²) in [6.45, 7) is 0. The van der Waals surface area contributed by atoms with Crippen LogP contribution in [0.5, 0.6) is 0 Å². The van der Waals surface area contributed by atoms with Gasteiger partial charge in [-0.05, 0) is 18.2 Å². The lowest BCUT2D eigenvalue weighted by Gasteiger charge is -2.09. The predicted octanol–water partition coefficient (Wildman–Crippen LogP) is 2.02. The number of aromatic nitrogens is 3. The molecule has 0 spiro atoms. The molecule has 1 N–H and O–H groups in total. The molecule has 3 aromatic rings. The third-order valence-corrected chi connectivity index (χ3v) is 2.81. The van der Waals surface area contributed by atoms with Gasteiger partial charge in [-0.1, -0.05) is 12.1 Å². The Morgan fingerprint density at radius 1 is 1.27 bits per heavy atom. The fourth-order valence-electron chi connectivity index (χ4n) is 1.84. The Morgan fingerprint density at radius 2 is 2.09 bits per heavy atom. The summed E-state index contributed by atoms with van der Waals surface area (Å²) >= 11 is 0. The monoisotopic (exact) mass is 299 g/mol. The summed E-state index contributed by atoms with van der Waals surface area (Å²) in [4.78, 5) is 25.8. The van der Waals surface area contributed by atoms with Gasteiger partial charge in [0.1, 0.15) is 17.6 Å². The summed E-state index contributed by atoms with van der Waals surface area (Å²) in [5, 5.41) is 17.2. The zero-order chi connectivity index (χ0) is 15.5. The molecule has 9 heteroatoms. The van der Waals surface area contributed by atoms with Gasteiger partial charge in [0.2, 0.25) is 0 Å². The van der Waals surface area contributed by atoms with Crippen LogP contribution in [0.4, 0.5) is 11.6 Å². The number of anilines is 1. The molecule has 0 radical (unpaired) electrons. The highest BCUT2D eigenvalue weighted by atomic mass is 16.6. The van der Waals surface area contributed by atoms with Gasteiger partial charge in [-0.25, -0.2) is 9.67 Å². The zero-order valence-corrected chi connectivity index (χ0v) is 11.0. The van der Waals surface area contributed by atoms with E-state index in [1.54, 1.807) is 24.3 Å². The van der Waals surface area contributed by atoms with Gasteiger partial charge in [-0.2, -0.15) is 5.10 Å². The van der Waals surface area contributed by atoms with Gasteiger partial charge in [-0.15, -0.1) is 0 Å². The van der Waals surface area contributed by atoms with E-state index in [1.165, 1.54) is 23.4 Å². The molecule has 1 aromatic carbocycles. The van der Waals surface area contributed by atoms with Crippen molar-refractivity contribution >= 4 is 17.5 Å². The molecule has 0 aliphatic carbocycles. The Kier molecular flexibility index (Phi) is 3.36. The van der Waals surface area contributed by atoms with Gasteiger partial charge in [0, 0.05) is 0 Å². The number of rotatable bonds is 4. The molecule has 0 unspecified atom stereocenters. The van der Waals surface area contributed by atoms with Gasteiger partial charge in [-0.3, -0.25) is 14.9 Å². The molecular weight excluding hydrogens is 290 g/mol. The summed E-state index contributed by atoms with van der Waals surface area (Å²) in [5.74, 6) is -1.24. The first kappa shape index (κ1) is 13.5. The van der Waals surface area contributed by atoms with Crippen LogP contribution in [0.2, 0.25) is 0 Å². The molecule has 3 rings (SSSR count). The van der Waals surface area contributed by atoms with Crippen LogP contribution in [-0.2, 0) is 0 Å². The normalized spacial score (nSPS) is 10.4. The van der Waals surface area contributed by atoms with Crippen molar-refractivity contribution in [3.63, 3.8) is 0 Å². The Labute approximate surface area is 123 Å². The molecule has 9 nitrogen and oxygen atoms in total. The molecule has 0 saturated heterocycles. The number of para-hydroxylation sites is 2. The van der Waals surface area contributed by atoms with Crippen LogP contribution in [0.3, 0.4) is 0 Å². The number of carbonyl (C=O) groups is 1. The molecule has 0 fully saturated rings. The maximum atomic E-state index is 12.1. The Bertz CT molecular complexity index is 825. The minimum atomic E-state index is -0.708. The van der Waals surface area contributed by atoms with Crippen LogP contribution in [0.25, 0.3) is 5.69 Å². The fraction of sp³-hybridized carbons (Fsp3) is 0. The summed E-state index contributed by atoms with van der Waals surface area (Å²) < 4.78 is 6.35. The van der Waals surface area contributed by atoms with Crippen LogP contribution >= 0.6 is 0 Å². The van der Waals surface area contributed by atoms with Crippen molar-refractivity contribution in [2.45, 2.75) is 0 Å². The minimum absolute atomic E-state index is 0.153. The van der Waals surface area contributed by atoms with E-state index in [0.717, 1.165) is 6.07 Å². The summed E-state index contributed by atoms with van der Waals surface area (Å²) in [6.07, 6.45) is 2.86. The second-order valence-electron chi connectivity index (χ2n) is 4.21. The number of furan rings is 1. The van der Waals surface area contributed by atoms with Crippen LogP contribution in [0.1, 0.15) is 10.6 Å². The standard InChI is InChI=1S/C13H9N5O4/c19-13(11-5-6-12(22-11)18(20)21)16-9-3-1-2-4-10(9)17-8-14-7-15-17/h1-8H,(H,16,19). The first-order valence-corrected chi connectivity index (χ1v) is 6.15. The highest BCUT2D eigenvalue weighted by Crippen LogP contribution is 2.21. The topological polar surface area (TPSA) is 116 Å². The van der Waals surface area contributed by atoms with E-state index in [1.807, 2.05) is 0 Å². The van der Waals surface area contributed by atoms with E-state index in [9.17, 15) is 14.9 Å². The van der Waals surface area contributed by atoms with E-state index in [-0.39, 0.29) is 5.76 Å². The molecule has 0 saturated carbocycles. The molecule has 0 aliphatic heterocycles. The summed E-state index contributed by atoms with van der Waals surface area (Å²) in [5.41, 5.74) is 1.08. The molecule has 0 aliphatic rings. The van der Waals surface area contributed by atoms with Crippen molar-refractivity contribution in [1.29, 1.82) is 0 Å². The largest absolute Gasteiger partial charge is 0.433 e. The number of benzene rings is 1. The maximum Gasteiger partial charge on any atom is 0.433 e. The van der Waals surface area contributed by atoms with E-state index in [4.69, 9.17) is 4.42 Å². The molecule has 0 atom stereocenters. The van der Waals surface area contributed by atoms with E-state index < -0.39 is 16.7 Å². The highest BCUT2D eigenvalue weighted by molar-refractivity contribution is 6.03. The lowest BCUT2D eigenvalue weighted by Crippen LogP contribution is -2.13. The van der Waals surface area contributed by atoms with Crippen molar-refractivity contribution in [2.24, 2.45) is 0 Å². The number of hydrogen-bond donors (Lipinski definition) is 1. The number of hydrogen-bond acceptors (Lipinski definition) is 6. The minimum Gasteiger partial charge on any atom is -0.395 e. The molecule has 110 valence electrons. The first-order chi connectivity index (χ1) is 10.6. The molecule has 1 amide bonds. The summed E-state index contributed by atoms with van der Waals surface area (Å²) in [6, 6.07) is 9.30. The van der Waals surface area contributed by atoms with Crippen LogP contribution in [-0.4, -0.2) is 25.6 Å². The van der Waals surface area contributed by atoms with Crippen molar-refractivity contribution in [3.05, 3.63) is 64.9 Å². The van der Waals surface area contributed by atoms with Gasteiger partial charge in [0.15, 0.2) is 5.76 Å². The third-order valence-electron chi connectivity index (χ3n) is 2.81. The van der Waals surface area contributed by atoms with Crippen molar-refractivity contribution in [1.82, 2.24) is 14.8 Å². The molecular formula is C13H9N5O4. The van der Waals surface area contributed by atoms with Gasteiger partial charge in [0.25, 0.3) is 5.91 Å². The molecule has 2 aromatic heterocycles. The van der Waals surface area contributed by atoms with Crippen molar-refractivity contribution < 1.29 is 14.1 Å². The SMILES string of the molecule is O=C(Nc1ccccc1-n1cncn1)c1ccc([N+](=O)[O-])o1. The van der Waals surface area contributed by atoms with E-state index in [2.05, 4.69) is 15.4 Å². The van der Waals surface area contributed by atoms with E-state index in [0.29, 0.717) is 11.4 Å². The van der Waals surface area contributed by atoms with Crippen LogP contribution in [0, 0.1) is 10.1 Å². The Morgan fingerprint density at radius 3 is 2.77 bits per heavy atom. The smallest absolute Gasteiger partial charge is 0.395 e. The van der Waals surface area contributed by atoms with Gasteiger partial charge < -0.3 is 9.73 Å². The lowest BCUT2D eigenvalue weighted by molar-refractivity contribution is -0.402. The van der Waals surface area contributed by atoms with Crippen LogP contribution < -0.4 is 5.32 Å². The Balaban J connectivity index is 1.87. The number of nitrogens with zero attached hydrogens (tertiary/aromatic N) is 4. The lowest BCUT2D eigenvalue weighted by atomic mass is 10.2. The average molecular weight is 299 g/mol. The zero-order valence-electron chi connectivity index (χ0n) is 11.0. The Hall–Kier alpha value is -3.49. The second-order valence-corrected chi connectivity index (χ2v) is 4.21. The maximum absolute atomic E-state index is 12.1. The molecule has 0 bridgehead atoms. The third kappa shape index (κ3) is 2.54. The number of nitro groups is 1. The van der Waals surface area contributed by atoms with Crippen LogP contribution in [0.15, 0.2) is 53.5 Å². The number of amides is 1. The molecule has 2 heterocycles. The number of nitrogens with one attached hydrogen (secondary N) is 1. The number of carbonyl (C=O) groups excluding carboxylic acids is 1. The van der Waals surface area contributed by atoms with Gasteiger partial charge >= 0.3 is 5.88 Å². The quantitative estimate of drug-likeness (QED) is 0.582.